The number of carbonyl (C=O) groups is 1. The second-order valence-corrected chi connectivity index (χ2v) is 32.1. The van der Waals surface area contributed by atoms with Gasteiger partial charge in [0.1, 0.15) is 42.5 Å². The van der Waals surface area contributed by atoms with Crippen molar-refractivity contribution in [3.8, 4) is 28.6 Å². The lowest BCUT2D eigenvalue weighted by Crippen LogP contribution is -2.51. The molecular formula is C52H75N9O12S3Si. The Morgan fingerprint density at radius 2 is 1.25 bits per heavy atom. The Morgan fingerprint density at radius 3 is 1.73 bits per heavy atom. The molecule has 0 spiro atoms. The second kappa shape index (κ2) is 25.0. The summed E-state index contributed by atoms with van der Waals surface area (Å²) in [6, 6.07) is 23.8. The van der Waals surface area contributed by atoms with Crippen molar-refractivity contribution in [2.45, 2.75) is 101 Å². The van der Waals surface area contributed by atoms with Crippen LogP contribution in [-0.2, 0) is 58.7 Å². The van der Waals surface area contributed by atoms with E-state index in [0.717, 1.165) is 5.56 Å². The van der Waals surface area contributed by atoms with Gasteiger partial charge in [0.25, 0.3) is 0 Å². The van der Waals surface area contributed by atoms with Crippen LogP contribution >= 0.6 is 0 Å². The van der Waals surface area contributed by atoms with E-state index in [4.69, 9.17) is 28.5 Å². The van der Waals surface area contributed by atoms with Crippen LogP contribution in [0.4, 0.5) is 10.5 Å². The Bertz CT molecular complexity index is 3070. The van der Waals surface area contributed by atoms with Crippen LogP contribution in [0, 0.1) is 0 Å². The average molecular weight is 1140 g/mol. The lowest BCUT2D eigenvalue weighted by atomic mass is 10.1. The van der Waals surface area contributed by atoms with E-state index in [2.05, 4.69) is 20.4 Å². The van der Waals surface area contributed by atoms with Gasteiger partial charge in [-0.15, -0.1) is 10.2 Å². The number of alkyl carbamates (subject to hydrolysis) is 1. The van der Waals surface area contributed by atoms with E-state index in [0.29, 0.717) is 66.8 Å². The Morgan fingerprint density at radius 1 is 0.727 bits per heavy atom. The highest BCUT2D eigenvalue weighted by Gasteiger charge is 2.42. The molecule has 0 saturated carbocycles. The number of rotatable bonds is 24. The number of sulfonamides is 2. The first kappa shape index (κ1) is 60.6. The second-order valence-electron chi connectivity index (χ2n) is 21.4. The highest BCUT2D eigenvalue weighted by atomic mass is 32.2. The molecule has 0 aliphatic carbocycles. The lowest BCUT2D eigenvalue weighted by molar-refractivity contribution is 0.0498. The largest absolute Gasteiger partial charge is 0.497 e. The molecule has 0 bridgehead atoms. The van der Waals surface area contributed by atoms with E-state index in [-0.39, 0.29) is 54.9 Å². The summed E-state index contributed by atoms with van der Waals surface area (Å²) in [4.78, 5) is 17.0. The molecule has 1 aromatic heterocycles. The fraction of sp³-hybridized carbons (Fsp3) is 0.500. The van der Waals surface area contributed by atoms with E-state index < -0.39 is 65.8 Å². The minimum Gasteiger partial charge on any atom is -0.497 e. The number of ether oxygens (including phenoxy) is 4. The van der Waals surface area contributed by atoms with Crippen molar-refractivity contribution in [3.05, 3.63) is 102 Å². The van der Waals surface area contributed by atoms with Gasteiger partial charge in [0.05, 0.1) is 45.3 Å². The molecule has 21 nitrogen and oxygen atoms in total. The van der Waals surface area contributed by atoms with Gasteiger partial charge in [-0.3, -0.25) is 4.90 Å². The number of carbonyl (C=O) groups excluding carboxylic acids is 1. The topological polar surface area (TPSA) is 243 Å². The third kappa shape index (κ3) is 16.7. The first-order valence-electron chi connectivity index (χ1n) is 25.1. The van der Waals surface area contributed by atoms with E-state index in [1.165, 1.54) is 35.6 Å². The third-order valence-corrected chi connectivity index (χ3v) is 22.2. The first-order chi connectivity index (χ1) is 36.0. The number of tetrazole rings is 1. The van der Waals surface area contributed by atoms with Crippen molar-refractivity contribution in [1.82, 2.24) is 39.5 Å². The summed E-state index contributed by atoms with van der Waals surface area (Å²) in [5.41, 5.74) is 1.29. The van der Waals surface area contributed by atoms with E-state index in [9.17, 15) is 13.2 Å². The van der Waals surface area contributed by atoms with E-state index in [1.807, 2.05) is 55.8 Å². The number of anilines is 1. The fourth-order valence-corrected chi connectivity index (χ4v) is 13.5. The highest BCUT2D eigenvalue weighted by molar-refractivity contribution is 7.92. The molecule has 25 heteroatoms. The summed E-state index contributed by atoms with van der Waals surface area (Å²) in [5.74, 6) is 1.52. The van der Waals surface area contributed by atoms with Gasteiger partial charge in [0, 0.05) is 70.8 Å². The predicted molar refractivity (Wildman–Crippen MR) is 298 cm³/mol. The number of nitrogens with zero attached hydrogens (tertiary/aromatic N) is 7. The number of hydrogen-bond acceptors (Lipinski definition) is 17. The van der Waals surface area contributed by atoms with Gasteiger partial charge in [-0.25, -0.2) is 34.8 Å². The molecule has 2 N–H and O–H groups in total. The van der Waals surface area contributed by atoms with E-state index >= 15 is 16.8 Å². The summed E-state index contributed by atoms with van der Waals surface area (Å²) in [6.07, 6.45) is -0.473. The third-order valence-electron chi connectivity index (χ3n) is 13.3. The molecule has 4 aromatic carbocycles. The molecule has 77 heavy (non-hydrogen) atoms. The van der Waals surface area contributed by atoms with Crippen molar-refractivity contribution in [2.75, 3.05) is 84.1 Å². The van der Waals surface area contributed by atoms with Gasteiger partial charge in [0.15, 0.2) is 8.32 Å². The summed E-state index contributed by atoms with van der Waals surface area (Å²) >= 11 is 0. The van der Waals surface area contributed by atoms with Crippen molar-refractivity contribution in [1.29, 1.82) is 0 Å². The SMILES string of the molecule is COc1ccc(CN(Cc2ccc(OC)cc2)S(=O)(=O)c2c(S(=O)(=O)NC[C@@H](CNC(=O)OC(C)(C)C)O[Si](C)(C)C(C)(C)C)ccc(N3CCN(CCS(C)(=O)=O)CC3)c2-c2nnn(Cc3ccc(OC)cc3)n2)cc1. The number of benzene rings is 4. The number of aromatic nitrogens is 4. The Balaban J connectivity index is 1.57. The lowest BCUT2D eigenvalue weighted by Gasteiger charge is -2.39. The van der Waals surface area contributed by atoms with Gasteiger partial charge in [-0.1, -0.05) is 57.2 Å². The molecule has 1 aliphatic heterocycles. The normalized spacial score (nSPS) is 14.6. The molecule has 1 saturated heterocycles. The maximum atomic E-state index is 16.3. The molecule has 5 aromatic rings. The Labute approximate surface area is 455 Å². The zero-order valence-electron chi connectivity index (χ0n) is 46.2. The molecule has 0 radical (unpaired) electrons. The molecule has 6 rings (SSSR count). The number of piperazine rings is 1. The predicted octanol–water partition coefficient (Wildman–Crippen LogP) is 6.17. The Kier molecular flexibility index (Phi) is 19.6. The van der Waals surface area contributed by atoms with Crippen LogP contribution in [0.1, 0.15) is 58.2 Å². The maximum absolute atomic E-state index is 16.3. The van der Waals surface area contributed by atoms with Gasteiger partial charge >= 0.3 is 6.09 Å². The molecule has 1 fully saturated rings. The highest BCUT2D eigenvalue weighted by Crippen LogP contribution is 2.42. The number of nitrogens with one attached hydrogen (secondary N) is 2. The quantitative estimate of drug-likeness (QED) is 0.0657. The van der Waals surface area contributed by atoms with Gasteiger partial charge in [-0.2, -0.15) is 9.10 Å². The number of methoxy groups -OCH3 is 3. The van der Waals surface area contributed by atoms with E-state index in [1.54, 1.807) is 94.6 Å². The van der Waals surface area contributed by atoms with Gasteiger partial charge in [-0.05, 0) is 109 Å². The molecule has 2 heterocycles. The monoisotopic (exact) mass is 1140 g/mol. The van der Waals surface area contributed by atoms with Crippen LogP contribution in [0.5, 0.6) is 17.2 Å². The average Bonchev–Trinajstić information content (AvgIpc) is 3.90. The van der Waals surface area contributed by atoms with Crippen molar-refractivity contribution >= 4 is 50.0 Å². The van der Waals surface area contributed by atoms with Crippen molar-refractivity contribution in [3.63, 3.8) is 0 Å². The summed E-state index contributed by atoms with van der Waals surface area (Å²) in [7, 11) is -11.1. The Hall–Kier alpha value is -5.67. The van der Waals surface area contributed by atoms with Crippen LogP contribution in [0.25, 0.3) is 11.4 Å². The number of hydrogen-bond donors (Lipinski definition) is 2. The van der Waals surface area contributed by atoms with Gasteiger partial charge in [0.2, 0.25) is 25.9 Å². The minimum atomic E-state index is -4.98. The first-order valence-corrected chi connectivity index (χ1v) is 33.0. The summed E-state index contributed by atoms with van der Waals surface area (Å²) in [6.45, 7) is 16.1. The van der Waals surface area contributed by atoms with Crippen LogP contribution in [-0.4, -0.2) is 160 Å². The molecule has 1 atom stereocenters. The fourth-order valence-electron chi connectivity index (χ4n) is 8.08. The summed E-state index contributed by atoms with van der Waals surface area (Å²) in [5, 5.41) is 16.0. The molecule has 1 aliphatic rings. The van der Waals surface area contributed by atoms with Crippen LogP contribution in [0.3, 0.4) is 0 Å². The summed E-state index contributed by atoms with van der Waals surface area (Å²) < 4.78 is 120. The zero-order chi connectivity index (χ0) is 56.6. The van der Waals surface area contributed by atoms with Crippen molar-refractivity contribution in [2.24, 2.45) is 0 Å². The molecule has 422 valence electrons. The number of sulfone groups is 1. The number of amides is 1. The van der Waals surface area contributed by atoms with Crippen LogP contribution in [0.2, 0.25) is 18.1 Å². The minimum absolute atomic E-state index is 0.0432. The smallest absolute Gasteiger partial charge is 0.407 e. The van der Waals surface area contributed by atoms with Crippen LogP contribution < -0.4 is 29.1 Å². The standard InChI is InChI=1S/C52H75N9O12S3Si/c1-51(2,3)72-50(62)53-33-44(73-77(11,12)52(4,5)6)34-54-75(65,66)46-26-25-45(59-29-27-58(28-30-59)31-32-74(10,63)64)47(49-55-57-61(56-49)37-40-17-23-43(71-9)24-18-40)48(46)76(67,68)60(35-38-13-19-41(69-7)20-14-38)36-39-15-21-42(70-8)22-16-39/h13-26,44,54H,27-37H2,1-12H3,(H,53,62)/t44-/m1/s1. The zero-order valence-corrected chi connectivity index (χ0v) is 49.6. The maximum Gasteiger partial charge on any atom is 0.407 e. The molecule has 0 unspecified atom stereocenters. The van der Waals surface area contributed by atoms with Crippen LogP contribution in [0.15, 0.2) is 94.7 Å². The van der Waals surface area contributed by atoms with Crippen molar-refractivity contribution < 1.29 is 53.4 Å². The van der Waals surface area contributed by atoms with Gasteiger partial charge < -0.3 is 33.6 Å². The molecule has 1 amide bonds. The molecular weight excluding hydrogens is 1070 g/mol.